The highest BCUT2D eigenvalue weighted by Gasteiger charge is 2.38. The van der Waals surface area contributed by atoms with Crippen molar-refractivity contribution in [2.75, 3.05) is 13.2 Å². The lowest BCUT2D eigenvalue weighted by Crippen LogP contribution is -2.48. The lowest BCUT2D eigenvalue weighted by atomic mass is 9.93. The van der Waals surface area contributed by atoms with Gasteiger partial charge in [0.05, 0.1) is 6.04 Å². The normalized spacial score (nSPS) is 21.0. The van der Waals surface area contributed by atoms with E-state index in [1.807, 2.05) is 44.2 Å². The summed E-state index contributed by atoms with van der Waals surface area (Å²) in [6.07, 6.45) is 3.36. The van der Waals surface area contributed by atoms with Gasteiger partial charge in [0.15, 0.2) is 0 Å². The van der Waals surface area contributed by atoms with Gasteiger partial charge in [-0.1, -0.05) is 24.3 Å². The maximum absolute atomic E-state index is 12.5. The van der Waals surface area contributed by atoms with Gasteiger partial charge in [0.25, 0.3) is 0 Å². The maximum Gasteiger partial charge on any atom is 0.410 e. The van der Waals surface area contributed by atoms with Crippen LogP contribution in [0.2, 0.25) is 0 Å². The van der Waals surface area contributed by atoms with Gasteiger partial charge in [0.2, 0.25) is 5.56 Å². The number of amides is 1. The molecule has 0 aliphatic carbocycles. The van der Waals surface area contributed by atoms with Crippen molar-refractivity contribution in [3.63, 3.8) is 0 Å². The van der Waals surface area contributed by atoms with E-state index in [9.17, 15) is 9.59 Å². The van der Waals surface area contributed by atoms with Gasteiger partial charge in [-0.25, -0.2) is 4.79 Å². The molecule has 2 aromatic rings. The van der Waals surface area contributed by atoms with Crippen LogP contribution in [0.3, 0.4) is 0 Å². The van der Waals surface area contributed by atoms with Crippen LogP contribution in [0.4, 0.5) is 4.79 Å². The lowest BCUT2D eigenvalue weighted by molar-refractivity contribution is -0.0521. The number of nitrogens with one attached hydrogen (secondary N) is 1. The van der Waals surface area contributed by atoms with E-state index in [-0.39, 0.29) is 24.3 Å². The SMILES string of the molecule is C[C@@H](c1ccc(-c2cc[nH]c(=O)c2)cc1)N1CC[C@@](C)(CCCO)OC1=O. The number of hydrogen-bond acceptors (Lipinski definition) is 4. The number of cyclic esters (lactones) is 1. The molecule has 3 rings (SSSR count). The Kier molecular flexibility index (Phi) is 5.65. The molecule has 1 aromatic heterocycles. The molecule has 0 spiro atoms. The number of H-pyrrole nitrogens is 1. The number of carbonyl (C=O) groups excluding carboxylic acids is 1. The third-order valence-corrected chi connectivity index (χ3v) is 5.28. The van der Waals surface area contributed by atoms with Crippen LogP contribution in [0.5, 0.6) is 0 Å². The van der Waals surface area contributed by atoms with Crippen molar-refractivity contribution in [2.45, 2.75) is 44.8 Å². The second kappa shape index (κ2) is 7.96. The van der Waals surface area contributed by atoms with Gasteiger partial charge >= 0.3 is 6.09 Å². The molecule has 2 heterocycles. The number of carbonyl (C=O) groups is 1. The summed E-state index contributed by atoms with van der Waals surface area (Å²) in [5.41, 5.74) is 2.19. The number of aromatic nitrogens is 1. The first kappa shape index (κ1) is 19.2. The number of nitrogens with zero attached hydrogens (tertiary/aromatic N) is 1. The number of benzene rings is 1. The van der Waals surface area contributed by atoms with Gasteiger partial charge < -0.3 is 19.7 Å². The van der Waals surface area contributed by atoms with Gasteiger partial charge in [-0.2, -0.15) is 0 Å². The van der Waals surface area contributed by atoms with Crippen LogP contribution in [0.15, 0.2) is 47.4 Å². The predicted molar refractivity (Wildman–Crippen MR) is 103 cm³/mol. The van der Waals surface area contributed by atoms with Crippen LogP contribution in [-0.4, -0.2) is 39.8 Å². The van der Waals surface area contributed by atoms with Crippen LogP contribution in [-0.2, 0) is 4.74 Å². The highest BCUT2D eigenvalue weighted by atomic mass is 16.6. The molecular weight excluding hydrogens is 344 g/mol. The number of aliphatic hydroxyl groups is 1. The Hall–Kier alpha value is -2.60. The number of aliphatic hydroxyl groups excluding tert-OH is 1. The minimum absolute atomic E-state index is 0.104. The van der Waals surface area contributed by atoms with E-state index in [1.54, 1.807) is 17.2 Å². The van der Waals surface area contributed by atoms with Crippen LogP contribution in [0.1, 0.15) is 44.7 Å². The van der Waals surface area contributed by atoms with Gasteiger partial charge in [-0.3, -0.25) is 4.79 Å². The van der Waals surface area contributed by atoms with E-state index in [0.717, 1.165) is 23.1 Å². The summed E-state index contributed by atoms with van der Waals surface area (Å²) >= 11 is 0. The van der Waals surface area contributed by atoms with Crippen molar-refractivity contribution in [2.24, 2.45) is 0 Å². The Morgan fingerprint density at radius 3 is 2.59 bits per heavy atom. The van der Waals surface area contributed by atoms with Gasteiger partial charge in [-0.15, -0.1) is 0 Å². The monoisotopic (exact) mass is 370 g/mol. The summed E-state index contributed by atoms with van der Waals surface area (Å²) in [6, 6.07) is 11.2. The van der Waals surface area contributed by atoms with Crippen molar-refractivity contribution >= 4 is 6.09 Å². The van der Waals surface area contributed by atoms with Crippen LogP contribution < -0.4 is 5.56 Å². The van der Waals surface area contributed by atoms with Gasteiger partial charge in [0, 0.05) is 31.8 Å². The van der Waals surface area contributed by atoms with Crippen LogP contribution in [0, 0.1) is 0 Å². The van der Waals surface area contributed by atoms with Crippen molar-refractivity contribution in [1.29, 1.82) is 0 Å². The van der Waals surface area contributed by atoms with Gasteiger partial charge in [0.1, 0.15) is 5.60 Å². The van der Waals surface area contributed by atoms with E-state index >= 15 is 0 Å². The van der Waals surface area contributed by atoms with E-state index < -0.39 is 5.60 Å². The van der Waals surface area contributed by atoms with Crippen molar-refractivity contribution < 1.29 is 14.6 Å². The first-order chi connectivity index (χ1) is 12.9. The zero-order valence-corrected chi connectivity index (χ0v) is 15.8. The molecule has 0 unspecified atom stereocenters. The topological polar surface area (TPSA) is 82.6 Å². The molecule has 1 aliphatic heterocycles. The Balaban J connectivity index is 1.70. The van der Waals surface area contributed by atoms with Crippen LogP contribution in [0.25, 0.3) is 11.1 Å². The predicted octanol–water partition coefficient (Wildman–Crippen LogP) is 3.48. The number of pyridine rings is 1. The number of rotatable bonds is 6. The van der Waals surface area contributed by atoms with Crippen LogP contribution >= 0.6 is 0 Å². The van der Waals surface area contributed by atoms with Crippen molar-refractivity contribution in [1.82, 2.24) is 9.88 Å². The molecule has 0 bridgehead atoms. The zero-order valence-electron chi connectivity index (χ0n) is 15.8. The molecule has 144 valence electrons. The average Bonchev–Trinajstić information content (AvgIpc) is 2.66. The first-order valence-electron chi connectivity index (χ1n) is 9.31. The smallest absolute Gasteiger partial charge is 0.410 e. The molecule has 27 heavy (non-hydrogen) atoms. The van der Waals surface area contributed by atoms with Crippen molar-refractivity contribution in [3.05, 3.63) is 58.5 Å². The molecule has 1 aromatic carbocycles. The quantitative estimate of drug-likeness (QED) is 0.816. The highest BCUT2D eigenvalue weighted by Crippen LogP contribution is 2.33. The lowest BCUT2D eigenvalue weighted by Gasteiger charge is -2.41. The fourth-order valence-electron chi connectivity index (χ4n) is 3.51. The number of hydrogen-bond donors (Lipinski definition) is 2. The fourth-order valence-corrected chi connectivity index (χ4v) is 3.51. The molecule has 1 amide bonds. The van der Waals surface area contributed by atoms with E-state index in [4.69, 9.17) is 9.84 Å². The summed E-state index contributed by atoms with van der Waals surface area (Å²) in [5.74, 6) is 0. The largest absolute Gasteiger partial charge is 0.443 e. The minimum atomic E-state index is -0.500. The zero-order chi connectivity index (χ0) is 19.4. The molecule has 6 heteroatoms. The minimum Gasteiger partial charge on any atom is -0.443 e. The molecule has 6 nitrogen and oxygen atoms in total. The molecule has 2 N–H and O–H groups in total. The molecule has 2 atom stereocenters. The summed E-state index contributed by atoms with van der Waals surface area (Å²) < 4.78 is 5.68. The summed E-state index contributed by atoms with van der Waals surface area (Å²) in [4.78, 5) is 28.3. The summed E-state index contributed by atoms with van der Waals surface area (Å²) in [6.45, 7) is 4.64. The first-order valence-corrected chi connectivity index (χ1v) is 9.31. The molecule has 1 aliphatic rings. The summed E-state index contributed by atoms with van der Waals surface area (Å²) in [5, 5.41) is 9.02. The third-order valence-electron chi connectivity index (χ3n) is 5.28. The second-order valence-corrected chi connectivity index (χ2v) is 7.33. The van der Waals surface area contributed by atoms with Gasteiger partial charge in [-0.05, 0) is 49.4 Å². The Morgan fingerprint density at radius 2 is 1.96 bits per heavy atom. The third kappa shape index (κ3) is 4.39. The van der Waals surface area contributed by atoms with E-state index in [2.05, 4.69) is 4.98 Å². The maximum atomic E-state index is 12.5. The molecule has 0 saturated carbocycles. The Labute approximate surface area is 158 Å². The molecule has 1 saturated heterocycles. The second-order valence-electron chi connectivity index (χ2n) is 7.33. The molecular formula is C21H26N2O4. The Bertz CT molecular complexity index is 846. The fraction of sp³-hybridized carbons (Fsp3) is 0.429. The average molecular weight is 370 g/mol. The number of ether oxygens (including phenoxy) is 1. The summed E-state index contributed by atoms with van der Waals surface area (Å²) in [7, 11) is 0. The number of aromatic amines is 1. The van der Waals surface area contributed by atoms with E-state index in [0.29, 0.717) is 19.4 Å². The Morgan fingerprint density at radius 1 is 1.22 bits per heavy atom. The molecule has 0 radical (unpaired) electrons. The molecule has 1 fully saturated rings. The van der Waals surface area contributed by atoms with Crippen molar-refractivity contribution in [3.8, 4) is 11.1 Å². The standard InChI is InChI=1S/C21H26N2O4/c1-15(23-12-10-21(2,9-3-13-24)27-20(23)26)16-4-6-17(7-5-16)18-8-11-22-19(25)14-18/h4-8,11,14-15,24H,3,9-10,12-13H2,1-2H3,(H,22,25)/t15-,21+/m0/s1. The van der Waals surface area contributed by atoms with E-state index in [1.165, 1.54) is 0 Å². The highest BCUT2D eigenvalue weighted by molar-refractivity contribution is 5.70.